The third-order valence-corrected chi connectivity index (χ3v) is 1.82. The van der Waals surface area contributed by atoms with Gasteiger partial charge < -0.3 is 9.47 Å². The number of halogens is 5. The van der Waals surface area contributed by atoms with Crippen LogP contribution in [0.3, 0.4) is 0 Å². The third kappa shape index (κ3) is 3.57. The fourth-order valence-corrected chi connectivity index (χ4v) is 0.990. The van der Waals surface area contributed by atoms with Crippen molar-refractivity contribution in [2.75, 3.05) is 0 Å². The lowest BCUT2D eigenvalue weighted by Gasteiger charge is -2.20. The van der Waals surface area contributed by atoms with Gasteiger partial charge in [0.15, 0.2) is 0 Å². The van der Waals surface area contributed by atoms with Gasteiger partial charge in [-0.05, 0) is 17.7 Å². The standard InChI is InChI=1S/C10H7F5O3/c11-9(12,13)10(14,15)18-8-3-1-7(2-4-8)5-17-6-16/h1-4,6H,5H2. The summed E-state index contributed by atoms with van der Waals surface area (Å²) in [4.78, 5) is 9.87. The number of carbonyl (C=O) groups excluding carboxylic acids is 1. The number of carbonyl (C=O) groups is 1. The molecule has 18 heavy (non-hydrogen) atoms. The fourth-order valence-electron chi connectivity index (χ4n) is 0.990. The second-order valence-corrected chi connectivity index (χ2v) is 3.17. The molecule has 0 radical (unpaired) electrons. The normalized spacial score (nSPS) is 12.1. The van der Waals surface area contributed by atoms with Crippen LogP contribution in [-0.2, 0) is 16.1 Å². The Bertz CT molecular complexity index is 399. The molecule has 0 unspecified atom stereocenters. The van der Waals surface area contributed by atoms with Crippen molar-refractivity contribution < 1.29 is 36.2 Å². The molecular weight excluding hydrogens is 263 g/mol. The lowest BCUT2D eigenvalue weighted by Crippen LogP contribution is -2.41. The van der Waals surface area contributed by atoms with Crippen LogP contribution >= 0.6 is 0 Å². The summed E-state index contributed by atoms with van der Waals surface area (Å²) in [5.41, 5.74) is 0.421. The van der Waals surface area contributed by atoms with E-state index in [9.17, 15) is 26.7 Å². The lowest BCUT2D eigenvalue weighted by molar-refractivity contribution is -0.360. The van der Waals surface area contributed by atoms with Crippen LogP contribution in [0.5, 0.6) is 5.75 Å². The monoisotopic (exact) mass is 270 g/mol. The largest absolute Gasteiger partial charge is 0.499 e. The number of ether oxygens (including phenoxy) is 2. The van der Waals surface area contributed by atoms with E-state index < -0.39 is 18.0 Å². The Morgan fingerprint density at radius 1 is 1.06 bits per heavy atom. The maximum Gasteiger partial charge on any atom is 0.499 e. The minimum atomic E-state index is -5.79. The first-order valence-electron chi connectivity index (χ1n) is 4.54. The maximum atomic E-state index is 12.5. The van der Waals surface area contributed by atoms with Crippen molar-refractivity contribution in [3.63, 3.8) is 0 Å². The van der Waals surface area contributed by atoms with Crippen LogP contribution in [0.2, 0.25) is 0 Å². The molecular formula is C10H7F5O3. The molecule has 8 heteroatoms. The summed E-state index contributed by atoms with van der Waals surface area (Å²) in [6.45, 7) is 0.0711. The highest BCUT2D eigenvalue weighted by molar-refractivity contribution is 5.37. The average molecular weight is 270 g/mol. The Labute approximate surface area is 98.1 Å². The number of hydrogen-bond donors (Lipinski definition) is 0. The third-order valence-electron chi connectivity index (χ3n) is 1.82. The Morgan fingerprint density at radius 3 is 2.06 bits per heavy atom. The zero-order chi connectivity index (χ0) is 13.8. The molecule has 3 nitrogen and oxygen atoms in total. The van der Waals surface area contributed by atoms with Gasteiger partial charge in [-0.3, -0.25) is 4.79 Å². The highest BCUT2D eigenvalue weighted by Gasteiger charge is 2.61. The summed E-state index contributed by atoms with van der Waals surface area (Å²) in [5.74, 6) is -0.646. The minimum Gasteiger partial charge on any atom is -0.463 e. The number of benzene rings is 1. The van der Waals surface area contributed by atoms with E-state index in [1.54, 1.807) is 0 Å². The van der Waals surface area contributed by atoms with Crippen LogP contribution in [0.4, 0.5) is 22.0 Å². The fraction of sp³-hybridized carbons (Fsp3) is 0.300. The second-order valence-electron chi connectivity index (χ2n) is 3.17. The van der Waals surface area contributed by atoms with Crippen LogP contribution < -0.4 is 4.74 Å². The van der Waals surface area contributed by atoms with Gasteiger partial charge in [0, 0.05) is 0 Å². The van der Waals surface area contributed by atoms with E-state index >= 15 is 0 Å². The molecule has 0 amide bonds. The van der Waals surface area contributed by atoms with Crippen LogP contribution in [0.15, 0.2) is 24.3 Å². The molecule has 1 aromatic rings. The van der Waals surface area contributed by atoms with Crippen molar-refractivity contribution in [1.82, 2.24) is 0 Å². The van der Waals surface area contributed by atoms with Gasteiger partial charge in [0.05, 0.1) is 0 Å². The molecule has 0 heterocycles. The zero-order valence-corrected chi connectivity index (χ0v) is 8.71. The molecule has 0 saturated heterocycles. The molecule has 100 valence electrons. The Balaban J connectivity index is 2.72. The van der Waals surface area contributed by atoms with Gasteiger partial charge >= 0.3 is 12.3 Å². The Hall–Kier alpha value is -1.86. The summed E-state index contributed by atoms with van der Waals surface area (Å²) in [6.07, 6.45) is -11.0. The molecule has 0 atom stereocenters. The van der Waals surface area contributed by atoms with Crippen molar-refractivity contribution in [3.05, 3.63) is 29.8 Å². The van der Waals surface area contributed by atoms with Crippen molar-refractivity contribution in [1.29, 1.82) is 0 Å². The van der Waals surface area contributed by atoms with E-state index in [2.05, 4.69) is 9.47 Å². The second kappa shape index (κ2) is 5.19. The molecule has 0 aliphatic heterocycles. The van der Waals surface area contributed by atoms with Crippen LogP contribution in [0, 0.1) is 0 Å². The quantitative estimate of drug-likeness (QED) is 0.609. The van der Waals surface area contributed by atoms with Gasteiger partial charge in [-0.25, -0.2) is 0 Å². The topological polar surface area (TPSA) is 35.5 Å². The molecule has 0 saturated carbocycles. The SMILES string of the molecule is O=COCc1ccc(OC(F)(F)C(F)(F)F)cc1. The molecule has 0 spiro atoms. The molecule has 0 aliphatic rings. The van der Waals surface area contributed by atoms with Gasteiger partial charge in [-0.15, -0.1) is 0 Å². The zero-order valence-electron chi connectivity index (χ0n) is 8.71. The van der Waals surface area contributed by atoms with Gasteiger partial charge in [0.2, 0.25) is 0 Å². The highest BCUT2D eigenvalue weighted by atomic mass is 19.4. The molecule has 0 aromatic heterocycles. The summed E-state index contributed by atoms with van der Waals surface area (Å²) < 4.78 is 68.4. The first-order chi connectivity index (χ1) is 8.26. The number of hydrogen-bond acceptors (Lipinski definition) is 3. The van der Waals surface area contributed by atoms with Gasteiger partial charge in [0.1, 0.15) is 12.4 Å². The van der Waals surface area contributed by atoms with Crippen LogP contribution in [-0.4, -0.2) is 18.8 Å². The highest BCUT2D eigenvalue weighted by Crippen LogP contribution is 2.37. The summed E-state index contributed by atoms with van der Waals surface area (Å²) in [6, 6.07) is 4.24. The van der Waals surface area contributed by atoms with E-state index in [4.69, 9.17) is 0 Å². The summed E-state index contributed by atoms with van der Waals surface area (Å²) in [7, 11) is 0. The van der Waals surface area contributed by atoms with Gasteiger partial charge in [-0.1, -0.05) is 12.1 Å². The van der Waals surface area contributed by atoms with E-state index in [1.165, 1.54) is 12.1 Å². The number of alkyl halides is 5. The van der Waals surface area contributed by atoms with Crippen molar-refractivity contribution in [2.45, 2.75) is 18.9 Å². The predicted molar refractivity (Wildman–Crippen MR) is 48.9 cm³/mol. The van der Waals surface area contributed by atoms with E-state index in [0.717, 1.165) is 12.1 Å². The van der Waals surface area contributed by atoms with Crippen LogP contribution in [0.1, 0.15) is 5.56 Å². The average Bonchev–Trinajstić information content (AvgIpc) is 2.26. The predicted octanol–water partition coefficient (Wildman–Crippen LogP) is 2.89. The molecule has 0 fully saturated rings. The molecule has 0 N–H and O–H groups in total. The minimum absolute atomic E-state index is 0.112. The van der Waals surface area contributed by atoms with Crippen molar-refractivity contribution in [3.8, 4) is 5.75 Å². The Kier molecular flexibility index (Phi) is 4.10. The van der Waals surface area contributed by atoms with Gasteiger partial charge in [-0.2, -0.15) is 22.0 Å². The van der Waals surface area contributed by atoms with Crippen LogP contribution in [0.25, 0.3) is 0 Å². The van der Waals surface area contributed by atoms with Crippen molar-refractivity contribution in [2.24, 2.45) is 0 Å². The summed E-state index contributed by atoms with van der Waals surface area (Å²) in [5, 5.41) is 0. The lowest BCUT2D eigenvalue weighted by atomic mass is 10.2. The molecule has 1 aromatic carbocycles. The van der Waals surface area contributed by atoms with E-state index in [0.29, 0.717) is 5.56 Å². The number of rotatable bonds is 5. The molecule has 1 rings (SSSR count). The first kappa shape index (κ1) is 14.2. The van der Waals surface area contributed by atoms with E-state index in [-0.39, 0.29) is 13.1 Å². The Morgan fingerprint density at radius 2 is 1.61 bits per heavy atom. The molecule has 0 aliphatic carbocycles. The molecule has 0 bridgehead atoms. The van der Waals surface area contributed by atoms with Crippen molar-refractivity contribution >= 4 is 6.47 Å². The summed E-state index contributed by atoms with van der Waals surface area (Å²) >= 11 is 0. The smallest absolute Gasteiger partial charge is 0.463 e. The first-order valence-corrected chi connectivity index (χ1v) is 4.54. The van der Waals surface area contributed by atoms with Gasteiger partial charge in [0.25, 0.3) is 6.47 Å². The van der Waals surface area contributed by atoms with E-state index in [1.807, 2.05) is 0 Å². The maximum absolute atomic E-state index is 12.5.